The SMILES string of the molecule is Cc1[nH]c2ccccc2c1CCN1CCc2ccc(/C=C/C(=O)NO)cc2CC1. The topological polar surface area (TPSA) is 68.4 Å². The van der Waals surface area contributed by atoms with E-state index in [4.69, 9.17) is 5.21 Å². The number of carbonyl (C=O) groups is 1. The Balaban J connectivity index is 1.41. The van der Waals surface area contributed by atoms with Gasteiger partial charge in [-0.1, -0.05) is 36.4 Å². The number of aromatic nitrogens is 1. The molecule has 1 amide bonds. The van der Waals surface area contributed by atoms with E-state index in [9.17, 15) is 4.79 Å². The summed E-state index contributed by atoms with van der Waals surface area (Å²) in [6, 6.07) is 14.9. The van der Waals surface area contributed by atoms with Crippen LogP contribution in [0.15, 0.2) is 48.5 Å². The molecule has 1 aromatic heterocycles. The predicted octanol–water partition coefficient (Wildman–Crippen LogP) is 3.64. The minimum atomic E-state index is -0.515. The summed E-state index contributed by atoms with van der Waals surface area (Å²) in [6.07, 6.45) is 6.18. The Kier molecular flexibility index (Phi) is 5.79. The molecule has 4 rings (SSSR count). The fraction of sp³-hybridized carbons (Fsp3) is 0.292. The van der Waals surface area contributed by atoms with E-state index >= 15 is 0 Å². The van der Waals surface area contributed by atoms with Crippen molar-refractivity contribution in [3.05, 3.63) is 76.5 Å². The lowest BCUT2D eigenvalue weighted by atomic mass is 10.00. The Hall–Kier alpha value is -2.89. The molecule has 0 atom stereocenters. The third kappa shape index (κ3) is 4.42. The maximum atomic E-state index is 11.2. The molecule has 0 saturated heterocycles. The summed E-state index contributed by atoms with van der Waals surface area (Å²) in [4.78, 5) is 17.2. The first kappa shape index (κ1) is 19.4. The van der Waals surface area contributed by atoms with Crippen LogP contribution in [0.1, 0.15) is 27.9 Å². The van der Waals surface area contributed by atoms with Crippen LogP contribution in [0.5, 0.6) is 0 Å². The summed E-state index contributed by atoms with van der Waals surface area (Å²) in [6.45, 7) is 5.33. The number of hydroxylamine groups is 1. The van der Waals surface area contributed by atoms with Crippen molar-refractivity contribution in [2.45, 2.75) is 26.2 Å². The highest BCUT2D eigenvalue weighted by molar-refractivity contribution is 5.90. The molecule has 0 aliphatic carbocycles. The third-order valence-electron chi connectivity index (χ3n) is 5.87. The van der Waals surface area contributed by atoms with Crippen LogP contribution in [0.2, 0.25) is 0 Å². The van der Waals surface area contributed by atoms with Gasteiger partial charge in [0.1, 0.15) is 0 Å². The van der Waals surface area contributed by atoms with E-state index in [1.165, 1.54) is 39.4 Å². The first-order chi connectivity index (χ1) is 14.1. The third-order valence-corrected chi connectivity index (χ3v) is 5.87. The van der Waals surface area contributed by atoms with Crippen molar-refractivity contribution in [1.82, 2.24) is 15.4 Å². The zero-order valence-corrected chi connectivity index (χ0v) is 16.7. The fourth-order valence-corrected chi connectivity index (χ4v) is 4.25. The van der Waals surface area contributed by atoms with Crippen LogP contribution in [0.4, 0.5) is 0 Å². The summed E-state index contributed by atoms with van der Waals surface area (Å²) in [5.41, 5.74) is 9.26. The van der Waals surface area contributed by atoms with Crippen LogP contribution in [-0.4, -0.2) is 40.6 Å². The number of hydrogen-bond donors (Lipinski definition) is 3. The molecule has 29 heavy (non-hydrogen) atoms. The Morgan fingerprint density at radius 1 is 1.17 bits per heavy atom. The Morgan fingerprint density at radius 2 is 1.97 bits per heavy atom. The highest BCUT2D eigenvalue weighted by Crippen LogP contribution is 2.23. The second kappa shape index (κ2) is 8.64. The predicted molar refractivity (Wildman–Crippen MR) is 116 cm³/mol. The normalized spacial score (nSPS) is 14.8. The van der Waals surface area contributed by atoms with Gasteiger partial charge in [-0.15, -0.1) is 0 Å². The highest BCUT2D eigenvalue weighted by atomic mass is 16.5. The second-order valence-corrected chi connectivity index (χ2v) is 7.70. The maximum absolute atomic E-state index is 11.2. The van der Waals surface area contributed by atoms with Crippen LogP contribution >= 0.6 is 0 Å². The van der Waals surface area contributed by atoms with Crippen molar-refractivity contribution in [1.29, 1.82) is 0 Å². The number of aromatic amines is 1. The van der Waals surface area contributed by atoms with E-state index < -0.39 is 5.91 Å². The van der Waals surface area contributed by atoms with Gasteiger partial charge < -0.3 is 9.88 Å². The summed E-state index contributed by atoms with van der Waals surface area (Å²) in [5.74, 6) is -0.515. The van der Waals surface area contributed by atoms with Gasteiger partial charge >= 0.3 is 0 Å². The molecule has 5 nitrogen and oxygen atoms in total. The van der Waals surface area contributed by atoms with Gasteiger partial charge in [-0.25, -0.2) is 5.48 Å². The lowest BCUT2D eigenvalue weighted by Gasteiger charge is -2.19. The number of para-hydroxylation sites is 1. The van der Waals surface area contributed by atoms with Gasteiger partial charge in [-0.3, -0.25) is 10.0 Å². The monoisotopic (exact) mass is 389 g/mol. The number of rotatable bonds is 5. The summed E-state index contributed by atoms with van der Waals surface area (Å²) in [7, 11) is 0. The van der Waals surface area contributed by atoms with Gasteiger partial charge in [-0.05, 0) is 60.6 Å². The van der Waals surface area contributed by atoms with E-state index in [1.54, 1.807) is 11.6 Å². The average Bonchev–Trinajstić information content (AvgIpc) is 2.92. The Bertz CT molecular complexity index is 1050. The fourth-order valence-electron chi connectivity index (χ4n) is 4.25. The van der Waals surface area contributed by atoms with Crippen LogP contribution < -0.4 is 5.48 Å². The van der Waals surface area contributed by atoms with Crippen molar-refractivity contribution in [3.63, 3.8) is 0 Å². The number of carbonyl (C=O) groups excluding carboxylic acids is 1. The number of fused-ring (bicyclic) bond motifs is 2. The van der Waals surface area contributed by atoms with Gasteiger partial charge in [-0.2, -0.15) is 0 Å². The molecule has 0 spiro atoms. The largest absolute Gasteiger partial charge is 0.358 e. The van der Waals surface area contributed by atoms with E-state index in [2.05, 4.69) is 53.2 Å². The quantitative estimate of drug-likeness (QED) is 0.355. The van der Waals surface area contributed by atoms with Crippen molar-refractivity contribution in [3.8, 4) is 0 Å². The summed E-state index contributed by atoms with van der Waals surface area (Å²) in [5, 5.41) is 9.95. The molecule has 1 aliphatic rings. The number of nitrogens with zero attached hydrogens (tertiary/aromatic N) is 1. The smallest absolute Gasteiger partial charge is 0.267 e. The molecule has 0 fully saturated rings. The van der Waals surface area contributed by atoms with Crippen molar-refractivity contribution >= 4 is 22.9 Å². The Morgan fingerprint density at radius 3 is 2.79 bits per heavy atom. The number of nitrogens with one attached hydrogen (secondary N) is 2. The lowest BCUT2D eigenvalue weighted by molar-refractivity contribution is -0.124. The summed E-state index contributed by atoms with van der Waals surface area (Å²) >= 11 is 0. The van der Waals surface area contributed by atoms with Gasteiger partial charge in [0.15, 0.2) is 0 Å². The molecule has 5 heteroatoms. The lowest BCUT2D eigenvalue weighted by Crippen LogP contribution is -2.28. The minimum absolute atomic E-state index is 0.515. The molecule has 0 bridgehead atoms. The van der Waals surface area contributed by atoms with Crippen LogP contribution in [-0.2, 0) is 24.1 Å². The van der Waals surface area contributed by atoms with Crippen LogP contribution in [0, 0.1) is 6.92 Å². The molecule has 2 heterocycles. The van der Waals surface area contributed by atoms with Crippen LogP contribution in [0.25, 0.3) is 17.0 Å². The number of H-pyrrole nitrogens is 1. The molecule has 0 saturated carbocycles. The van der Waals surface area contributed by atoms with E-state index in [1.807, 2.05) is 6.07 Å². The van der Waals surface area contributed by atoms with E-state index in [-0.39, 0.29) is 0 Å². The van der Waals surface area contributed by atoms with E-state index in [0.717, 1.165) is 44.5 Å². The zero-order valence-electron chi connectivity index (χ0n) is 16.7. The van der Waals surface area contributed by atoms with Gasteiger partial charge in [0.05, 0.1) is 0 Å². The number of hydrogen-bond acceptors (Lipinski definition) is 3. The Labute approximate surface area is 171 Å². The van der Waals surface area contributed by atoms with Gasteiger partial charge in [0, 0.05) is 42.3 Å². The maximum Gasteiger partial charge on any atom is 0.267 e. The van der Waals surface area contributed by atoms with E-state index in [0.29, 0.717) is 0 Å². The first-order valence-electron chi connectivity index (χ1n) is 10.2. The molecule has 0 unspecified atom stereocenters. The van der Waals surface area contributed by atoms with Gasteiger partial charge in [0.2, 0.25) is 0 Å². The molecular formula is C24H27N3O2. The zero-order chi connectivity index (χ0) is 20.2. The number of aryl methyl sites for hydroxylation is 1. The molecular weight excluding hydrogens is 362 g/mol. The van der Waals surface area contributed by atoms with Gasteiger partial charge in [0.25, 0.3) is 5.91 Å². The minimum Gasteiger partial charge on any atom is -0.358 e. The highest BCUT2D eigenvalue weighted by Gasteiger charge is 2.15. The standard InChI is InChI=1S/C24H27N3O2/c1-17-21(22-4-2-3-5-23(22)25-17)12-15-27-13-10-19-8-6-18(7-9-24(28)26-29)16-20(19)11-14-27/h2-9,16,25,29H,10-15H2,1H3,(H,26,28)/b9-7+. The average molecular weight is 389 g/mol. The molecule has 1 aliphatic heterocycles. The van der Waals surface area contributed by atoms with Crippen molar-refractivity contribution < 1.29 is 10.0 Å². The number of amides is 1. The molecule has 3 N–H and O–H groups in total. The molecule has 0 radical (unpaired) electrons. The molecule has 2 aromatic carbocycles. The molecule has 150 valence electrons. The summed E-state index contributed by atoms with van der Waals surface area (Å²) < 4.78 is 0. The first-order valence-corrected chi connectivity index (χ1v) is 10.2. The number of benzene rings is 2. The van der Waals surface area contributed by atoms with Crippen LogP contribution in [0.3, 0.4) is 0 Å². The molecule has 3 aromatic rings. The van der Waals surface area contributed by atoms with Crippen molar-refractivity contribution in [2.24, 2.45) is 0 Å². The van der Waals surface area contributed by atoms with Crippen molar-refractivity contribution in [2.75, 3.05) is 19.6 Å². The second-order valence-electron chi connectivity index (χ2n) is 7.70.